The number of carbonyl (C=O) groups excluding carboxylic acids is 2. The van der Waals surface area contributed by atoms with Gasteiger partial charge in [0.2, 0.25) is 0 Å². The van der Waals surface area contributed by atoms with Crippen molar-refractivity contribution in [1.29, 1.82) is 0 Å². The van der Waals surface area contributed by atoms with Gasteiger partial charge in [-0.1, -0.05) is 6.92 Å². The molecule has 0 saturated heterocycles. The van der Waals surface area contributed by atoms with Crippen molar-refractivity contribution in [2.45, 2.75) is 40.0 Å². The second-order valence-electron chi connectivity index (χ2n) is 4.64. The average molecular weight is 242 g/mol. The van der Waals surface area contributed by atoms with E-state index in [2.05, 4.69) is 6.92 Å². The van der Waals surface area contributed by atoms with Gasteiger partial charge in [-0.15, -0.1) is 0 Å². The fraction of sp³-hybridized carbons (Fsp3) is 0.846. The fourth-order valence-electron chi connectivity index (χ4n) is 2.42. The highest BCUT2D eigenvalue weighted by molar-refractivity contribution is 5.82. The molecule has 0 bridgehead atoms. The summed E-state index contributed by atoms with van der Waals surface area (Å²) in [5.41, 5.74) is 0. The van der Waals surface area contributed by atoms with Gasteiger partial charge in [-0.25, -0.2) is 0 Å². The number of carbonyl (C=O) groups is 2. The number of rotatable bonds is 4. The summed E-state index contributed by atoms with van der Waals surface area (Å²) >= 11 is 0. The molecule has 0 aromatic carbocycles. The number of esters is 2. The minimum absolute atomic E-state index is 0.252. The number of hydrogen-bond acceptors (Lipinski definition) is 4. The molecule has 4 heteroatoms. The summed E-state index contributed by atoms with van der Waals surface area (Å²) in [5, 5.41) is 0. The Morgan fingerprint density at radius 2 is 1.53 bits per heavy atom. The molecule has 0 aromatic heterocycles. The van der Waals surface area contributed by atoms with Gasteiger partial charge in [-0.2, -0.15) is 0 Å². The normalized spacial score (nSPS) is 28.5. The quantitative estimate of drug-likeness (QED) is 0.709. The molecule has 0 N–H and O–H groups in total. The van der Waals surface area contributed by atoms with Crippen molar-refractivity contribution in [3.63, 3.8) is 0 Å². The summed E-state index contributed by atoms with van der Waals surface area (Å²) in [6.45, 7) is 6.39. The lowest BCUT2D eigenvalue weighted by molar-refractivity contribution is -0.163. The van der Waals surface area contributed by atoms with Crippen molar-refractivity contribution in [3.8, 4) is 0 Å². The maximum Gasteiger partial charge on any atom is 0.309 e. The first-order valence-corrected chi connectivity index (χ1v) is 6.43. The molecule has 17 heavy (non-hydrogen) atoms. The molecule has 0 aromatic rings. The zero-order valence-electron chi connectivity index (χ0n) is 10.9. The lowest BCUT2D eigenvalue weighted by atomic mass is 9.74. The summed E-state index contributed by atoms with van der Waals surface area (Å²) in [5.74, 6) is -0.674. The molecular weight excluding hydrogens is 220 g/mol. The van der Waals surface area contributed by atoms with Crippen LogP contribution in [-0.4, -0.2) is 25.2 Å². The highest BCUT2D eigenvalue weighted by Crippen LogP contribution is 2.35. The van der Waals surface area contributed by atoms with Crippen molar-refractivity contribution in [3.05, 3.63) is 0 Å². The SMILES string of the molecule is CCOC(=O)C1CCC(C)CC1C(=O)OCC. The third-order valence-corrected chi connectivity index (χ3v) is 3.29. The Morgan fingerprint density at radius 1 is 1.00 bits per heavy atom. The average Bonchev–Trinajstić information content (AvgIpc) is 2.29. The van der Waals surface area contributed by atoms with Crippen LogP contribution in [0.3, 0.4) is 0 Å². The summed E-state index contributed by atoms with van der Waals surface area (Å²) in [4.78, 5) is 23.6. The predicted octanol–water partition coefficient (Wildman–Crippen LogP) is 2.17. The van der Waals surface area contributed by atoms with E-state index >= 15 is 0 Å². The Labute approximate surface area is 103 Å². The van der Waals surface area contributed by atoms with Gasteiger partial charge in [0, 0.05) is 0 Å². The van der Waals surface area contributed by atoms with Crippen LogP contribution < -0.4 is 0 Å². The molecule has 0 radical (unpaired) electrons. The van der Waals surface area contributed by atoms with Gasteiger partial charge in [0.25, 0.3) is 0 Å². The van der Waals surface area contributed by atoms with Crippen LogP contribution in [0.2, 0.25) is 0 Å². The smallest absolute Gasteiger partial charge is 0.309 e. The molecule has 3 unspecified atom stereocenters. The van der Waals surface area contributed by atoms with Crippen molar-refractivity contribution < 1.29 is 19.1 Å². The van der Waals surface area contributed by atoms with E-state index < -0.39 is 0 Å². The summed E-state index contributed by atoms with van der Waals surface area (Å²) in [6, 6.07) is 0. The molecule has 1 saturated carbocycles. The highest BCUT2D eigenvalue weighted by Gasteiger charge is 2.39. The molecule has 0 spiro atoms. The maximum atomic E-state index is 11.8. The van der Waals surface area contributed by atoms with Crippen LogP contribution in [0.1, 0.15) is 40.0 Å². The van der Waals surface area contributed by atoms with Gasteiger partial charge in [0.15, 0.2) is 0 Å². The van der Waals surface area contributed by atoms with E-state index in [0.717, 1.165) is 19.3 Å². The van der Waals surface area contributed by atoms with E-state index in [1.807, 2.05) is 0 Å². The summed E-state index contributed by atoms with van der Waals surface area (Å²) in [7, 11) is 0. The van der Waals surface area contributed by atoms with Crippen molar-refractivity contribution >= 4 is 11.9 Å². The minimum Gasteiger partial charge on any atom is -0.466 e. The van der Waals surface area contributed by atoms with E-state index in [4.69, 9.17) is 9.47 Å². The molecule has 0 aliphatic heterocycles. The van der Waals surface area contributed by atoms with Gasteiger partial charge in [0.05, 0.1) is 25.0 Å². The molecule has 0 amide bonds. The Kier molecular flexibility index (Phi) is 5.45. The first-order valence-electron chi connectivity index (χ1n) is 6.43. The van der Waals surface area contributed by atoms with E-state index in [9.17, 15) is 9.59 Å². The standard InChI is InChI=1S/C13H22O4/c1-4-16-12(14)10-7-6-9(3)8-11(10)13(15)17-5-2/h9-11H,4-8H2,1-3H3. The molecule has 1 rings (SSSR count). The first kappa shape index (κ1) is 14.0. The van der Waals surface area contributed by atoms with Crippen molar-refractivity contribution in [2.24, 2.45) is 17.8 Å². The molecule has 98 valence electrons. The molecule has 1 fully saturated rings. The lowest BCUT2D eigenvalue weighted by Crippen LogP contribution is -2.37. The van der Waals surface area contributed by atoms with Crippen LogP contribution >= 0.6 is 0 Å². The van der Waals surface area contributed by atoms with Crippen LogP contribution in [0.15, 0.2) is 0 Å². The van der Waals surface area contributed by atoms with E-state index in [1.165, 1.54) is 0 Å². The summed E-state index contributed by atoms with van der Waals surface area (Å²) < 4.78 is 10.1. The molecular formula is C13H22O4. The van der Waals surface area contributed by atoms with Gasteiger partial charge in [-0.3, -0.25) is 9.59 Å². The fourth-order valence-corrected chi connectivity index (χ4v) is 2.42. The maximum absolute atomic E-state index is 11.8. The molecule has 0 heterocycles. The van der Waals surface area contributed by atoms with Crippen LogP contribution in [0.4, 0.5) is 0 Å². The molecule has 3 atom stereocenters. The lowest BCUT2D eigenvalue weighted by Gasteiger charge is -2.31. The third-order valence-electron chi connectivity index (χ3n) is 3.29. The Balaban J connectivity index is 2.70. The van der Waals surface area contributed by atoms with Crippen molar-refractivity contribution in [2.75, 3.05) is 13.2 Å². The monoisotopic (exact) mass is 242 g/mol. The van der Waals surface area contributed by atoms with E-state index in [1.54, 1.807) is 13.8 Å². The second-order valence-corrected chi connectivity index (χ2v) is 4.64. The van der Waals surface area contributed by atoms with Crippen LogP contribution in [-0.2, 0) is 19.1 Å². The van der Waals surface area contributed by atoms with Crippen molar-refractivity contribution in [1.82, 2.24) is 0 Å². The Morgan fingerprint density at radius 3 is 2.06 bits per heavy atom. The Bertz CT molecular complexity index is 275. The zero-order chi connectivity index (χ0) is 12.8. The Hall–Kier alpha value is -1.06. The van der Waals surface area contributed by atoms with Crippen LogP contribution in [0.25, 0.3) is 0 Å². The van der Waals surface area contributed by atoms with Gasteiger partial charge in [-0.05, 0) is 39.0 Å². The largest absolute Gasteiger partial charge is 0.466 e. The van der Waals surface area contributed by atoms with Crippen LogP contribution in [0, 0.1) is 17.8 Å². The third kappa shape index (κ3) is 3.72. The minimum atomic E-state index is -0.322. The molecule has 1 aliphatic carbocycles. The summed E-state index contributed by atoms with van der Waals surface area (Å²) in [6.07, 6.45) is 2.42. The van der Waals surface area contributed by atoms with Gasteiger partial charge in [0.1, 0.15) is 0 Å². The van der Waals surface area contributed by atoms with Gasteiger partial charge < -0.3 is 9.47 Å². The predicted molar refractivity (Wildman–Crippen MR) is 63.3 cm³/mol. The second kappa shape index (κ2) is 6.62. The number of ether oxygens (including phenoxy) is 2. The van der Waals surface area contributed by atoms with Gasteiger partial charge >= 0.3 is 11.9 Å². The van der Waals surface area contributed by atoms with E-state index in [0.29, 0.717) is 19.1 Å². The molecule has 1 aliphatic rings. The zero-order valence-corrected chi connectivity index (χ0v) is 10.9. The first-order chi connectivity index (χ1) is 8.10. The number of hydrogen-bond donors (Lipinski definition) is 0. The van der Waals surface area contributed by atoms with Crippen LogP contribution in [0.5, 0.6) is 0 Å². The van der Waals surface area contributed by atoms with E-state index in [-0.39, 0.29) is 23.8 Å². The topological polar surface area (TPSA) is 52.6 Å². The highest BCUT2D eigenvalue weighted by atomic mass is 16.5. The molecule has 4 nitrogen and oxygen atoms in total.